The minimum atomic E-state index is -1.04. The monoisotopic (exact) mass is 484 g/mol. The molecule has 2 saturated carbocycles. The van der Waals surface area contributed by atoms with Gasteiger partial charge in [-0.1, -0.05) is 23.7 Å². The van der Waals surface area contributed by atoms with E-state index in [0.29, 0.717) is 29.7 Å². The number of aliphatic hydroxyl groups excluding tert-OH is 1. The molecule has 174 valence electrons. The fraction of sp³-hybridized carbons (Fsp3) is 0.600. The van der Waals surface area contributed by atoms with Gasteiger partial charge in [-0.3, -0.25) is 4.21 Å². The summed E-state index contributed by atoms with van der Waals surface area (Å²) in [6.45, 7) is 0.0817. The van der Waals surface area contributed by atoms with Gasteiger partial charge < -0.3 is 15.3 Å². The van der Waals surface area contributed by atoms with Crippen molar-refractivity contribution in [3.8, 4) is 0 Å². The van der Waals surface area contributed by atoms with Crippen molar-refractivity contribution in [2.24, 2.45) is 0 Å². The predicted octanol–water partition coefficient (Wildman–Crippen LogP) is 4.35. The SMILES string of the molecule is O=S1c2c(NC3(CO)CCC3)nc(N3C4CCC3CC(c3ccc(Cl)cc3)C4)nc2C2CC21. The van der Waals surface area contributed by atoms with Crippen LogP contribution in [0.25, 0.3) is 0 Å². The summed E-state index contributed by atoms with van der Waals surface area (Å²) in [7, 11) is -1.04. The second-order valence-corrected chi connectivity index (χ2v) is 12.7. The third-order valence-corrected chi connectivity index (χ3v) is 10.9. The topological polar surface area (TPSA) is 78.3 Å². The third-order valence-electron chi connectivity index (χ3n) is 8.74. The van der Waals surface area contributed by atoms with E-state index in [1.165, 1.54) is 5.56 Å². The lowest BCUT2D eigenvalue weighted by Crippen LogP contribution is -2.49. The van der Waals surface area contributed by atoms with Gasteiger partial charge in [0.15, 0.2) is 0 Å². The van der Waals surface area contributed by atoms with Gasteiger partial charge in [-0.2, -0.15) is 4.98 Å². The van der Waals surface area contributed by atoms with E-state index < -0.39 is 10.8 Å². The summed E-state index contributed by atoms with van der Waals surface area (Å²) >= 11 is 6.11. The van der Waals surface area contributed by atoms with E-state index in [1.807, 2.05) is 12.1 Å². The summed E-state index contributed by atoms with van der Waals surface area (Å²) in [6, 6.07) is 9.18. The molecule has 5 atom stereocenters. The summed E-state index contributed by atoms with van der Waals surface area (Å²) in [5.74, 6) is 2.37. The number of piperidine rings is 1. The number of rotatable bonds is 5. The molecule has 6 nitrogen and oxygen atoms in total. The number of anilines is 2. The first-order valence-corrected chi connectivity index (χ1v) is 13.9. The lowest BCUT2D eigenvalue weighted by molar-refractivity contribution is 0.143. The molecule has 2 aliphatic carbocycles. The molecule has 3 aliphatic heterocycles. The summed E-state index contributed by atoms with van der Waals surface area (Å²) in [4.78, 5) is 13.4. The predicted molar refractivity (Wildman–Crippen MR) is 130 cm³/mol. The Balaban J connectivity index is 1.23. The molecule has 2 bridgehead atoms. The maximum Gasteiger partial charge on any atom is 0.228 e. The molecule has 4 heterocycles. The van der Waals surface area contributed by atoms with Crippen LogP contribution in [-0.2, 0) is 10.8 Å². The molecular formula is C25H29ClN4O2S. The molecule has 5 aliphatic rings. The molecule has 8 heteroatoms. The molecule has 0 spiro atoms. The molecule has 2 saturated heterocycles. The molecular weight excluding hydrogens is 456 g/mol. The number of aliphatic hydroxyl groups is 1. The Bertz CT molecular complexity index is 1120. The molecule has 4 fully saturated rings. The number of hydrogen-bond donors (Lipinski definition) is 2. The zero-order valence-corrected chi connectivity index (χ0v) is 20.1. The average molecular weight is 485 g/mol. The Morgan fingerprint density at radius 1 is 1.12 bits per heavy atom. The quantitative estimate of drug-likeness (QED) is 0.657. The molecule has 7 rings (SSSR count). The number of hydrogen-bond acceptors (Lipinski definition) is 6. The van der Waals surface area contributed by atoms with Gasteiger partial charge in [-0.05, 0) is 75.0 Å². The number of nitrogens with one attached hydrogen (secondary N) is 1. The van der Waals surface area contributed by atoms with E-state index in [-0.39, 0.29) is 17.4 Å². The van der Waals surface area contributed by atoms with Gasteiger partial charge >= 0.3 is 0 Å². The molecule has 2 N–H and O–H groups in total. The van der Waals surface area contributed by atoms with Crippen molar-refractivity contribution in [2.45, 2.75) is 91.0 Å². The Labute approximate surface area is 201 Å². The average Bonchev–Trinajstić information content (AvgIpc) is 3.49. The molecule has 2 aromatic rings. The highest BCUT2D eigenvalue weighted by atomic mass is 35.5. The van der Waals surface area contributed by atoms with Crippen LogP contribution < -0.4 is 10.2 Å². The third kappa shape index (κ3) is 3.18. The first-order chi connectivity index (χ1) is 16.0. The summed E-state index contributed by atoms with van der Waals surface area (Å²) in [5.41, 5.74) is 2.05. The second kappa shape index (κ2) is 7.40. The van der Waals surface area contributed by atoms with E-state index in [1.54, 1.807) is 0 Å². The lowest BCUT2D eigenvalue weighted by atomic mass is 9.77. The fourth-order valence-electron chi connectivity index (χ4n) is 6.64. The van der Waals surface area contributed by atoms with Crippen molar-refractivity contribution in [1.82, 2.24) is 9.97 Å². The van der Waals surface area contributed by atoms with Gasteiger partial charge in [0.1, 0.15) is 10.7 Å². The molecule has 33 heavy (non-hydrogen) atoms. The van der Waals surface area contributed by atoms with E-state index in [0.717, 1.165) is 72.9 Å². The Morgan fingerprint density at radius 3 is 2.48 bits per heavy atom. The Morgan fingerprint density at radius 2 is 1.85 bits per heavy atom. The van der Waals surface area contributed by atoms with Crippen molar-refractivity contribution in [3.63, 3.8) is 0 Å². The number of fused-ring (bicyclic) bond motifs is 5. The van der Waals surface area contributed by atoms with E-state index >= 15 is 0 Å². The minimum absolute atomic E-state index is 0.0817. The first-order valence-electron chi connectivity index (χ1n) is 12.3. The Kier molecular flexibility index (Phi) is 4.63. The van der Waals surface area contributed by atoms with Crippen molar-refractivity contribution >= 4 is 34.2 Å². The lowest BCUT2D eigenvalue weighted by Gasteiger charge is -2.42. The molecule has 0 amide bonds. The van der Waals surface area contributed by atoms with E-state index in [9.17, 15) is 9.32 Å². The molecule has 1 aromatic carbocycles. The van der Waals surface area contributed by atoms with Crippen molar-refractivity contribution in [2.75, 3.05) is 16.8 Å². The highest BCUT2D eigenvalue weighted by Gasteiger charge is 2.55. The van der Waals surface area contributed by atoms with Crippen LogP contribution in [0.5, 0.6) is 0 Å². The fourth-order valence-corrected chi connectivity index (χ4v) is 8.57. The van der Waals surface area contributed by atoms with Gasteiger partial charge in [0.05, 0.1) is 28.6 Å². The van der Waals surface area contributed by atoms with Gasteiger partial charge in [-0.25, -0.2) is 4.98 Å². The van der Waals surface area contributed by atoms with Crippen LogP contribution in [-0.4, -0.2) is 48.8 Å². The van der Waals surface area contributed by atoms with Crippen molar-refractivity contribution in [3.05, 3.63) is 40.5 Å². The van der Waals surface area contributed by atoms with Gasteiger partial charge in [0.2, 0.25) is 5.95 Å². The zero-order valence-electron chi connectivity index (χ0n) is 18.5. The summed E-state index contributed by atoms with van der Waals surface area (Å²) in [5, 5.41) is 14.6. The standard InChI is InChI=1S/C25H29ClN4O2S/c26-16-4-2-14(3-5-16)15-10-17-6-7-18(11-15)30(17)24-27-21-19-12-20(19)33(32)22(21)23(28-24)29-25(13-31)8-1-9-25/h2-5,15,17-20,31H,1,6-13H2,(H,27,28,29). The van der Waals surface area contributed by atoms with Crippen LogP contribution in [0.4, 0.5) is 11.8 Å². The smallest absolute Gasteiger partial charge is 0.228 e. The normalized spacial score (nSPS) is 35.0. The largest absolute Gasteiger partial charge is 0.394 e. The summed E-state index contributed by atoms with van der Waals surface area (Å²) < 4.78 is 13.1. The highest BCUT2D eigenvalue weighted by molar-refractivity contribution is 7.86. The molecule has 0 radical (unpaired) electrons. The van der Waals surface area contributed by atoms with Gasteiger partial charge in [0, 0.05) is 28.3 Å². The molecule has 5 unspecified atom stereocenters. The molecule has 1 aromatic heterocycles. The maximum atomic E-state index is 13.1. The summed E-state index contributed by atoms with van der Waals surface area (Å²) in [6.07, 6.45) is 8.45. The van der Waals surface area contributed by atoms with Crippen LogP contribution in [0.3, 0.4) is 0 Å². The number of aromatic nitrogens is 2. The van der Waals surface area contributed by atoms with Crippen molar-refractivity contribution < 1.29 is 9.32 Å². The van der Waals surface area contributed by atoms with Crippen LogP contribution >= 0.6 is 11.6 Å². The van der Waals surface area contributed by atoms with Crippen LogP contribution in [0.15, 0.2) is 29.2 Å². The Hall–Kier alpha value is -1.70. The van der Waals surface area contributed by atoms with Gasteiger partial charge in [-0.15, -0.1) is 0 Å². The van der Waals surface area contributed by atoms with E-state index in [4.69, 9.17) is 21.6 Å². The van der Waals surface area contributed by atoms with E-state index in [2.05, 4.69) is 22.3 Å². The highest BCUT2D eigenvalue weighted by Crippen LogP contribution is 2.56. The zero-order chi connectivity index (χ0) is 22.3. The van der Waals surface area contributed by atoms with Crippen molar-refractivity contribution in [1.29, 1.82) is 0 Å². The number of nitrogens with zero attached hydrogens (tertiary/aromatic N) is 3. The minimum Gasteiger partial charge on any atom is -0.394 e. The van der Waals surface area contributed by atoms with Crippen LogP contribution in [0, 0.1) is 0 Å². The van der Waals surface area contributed by atoms with Gasteiger partial charge in [0.25, 0.3) is 0 Å². The van der Waals surface area contributed by atoms with Crippen LogP contribution in [0.2, 0.25) is 5.02 Å². The maximum absolute atomic E-state index is 13.1. The number of benzene rings is 1. The van der Waals surface area contributed by atoms with Crippen LogP contribution in [0.1, 0.15) is 74.5 Å². The second-order valence-electron chi connectivity index (χ2n) is 10.7. The number of halogens is 1. The first kappa shape index (κ1) is 20.7.